The number of nitrogens with zero attached hydrogens (tertiary/aromatic N) is 1. The van der Waals surface area contributed by atoms with E-state index in [4.69, 9.17) is 11.6 Å². The fourth-order valence-electron chi connectivity index (χ4n) is 2.62. The molecule has 1 aromatic carbocycles. The number of rotatable bonds is 1. The third kappa shape index (κ3) is 2.08. The first-order valence-corrected chi connectivity index (χ1v) is 7.16. The summed E-state index contributed by atoms with van der Waals surface area (Å²) >= 11 is 6.29. The Bertz CT molecular complexity index is 807. The molecule has 0 aliphatic heterocycles. The first-order valence-electron chi connectivity index (χ1n) is 6.78. The zero-order chi connectivity index (χ0) is 14.7. The van der Waals surface area contributed by atoms with Gasteiger partial charge in [-0.2, -0.15) is 0 Å². The predicted molar refractivity (Wildman–Crippen MR) is 80.8 cm³/mol. The summed E-state index contributed by atoms with van der Waals surface area (Å²) in [6.45, 7) is 5.75. The number of hydrogen-bond donors (Lipinski definition) is 1. The van der Waals surface area contributed by atoms with E-state index < -0.39 is 16.7 Å². The number of aromatic nitrogens is 2. The van der Waals surface area contributed by atoms with Crippen LogP contribution in [-0.2, 0) is 5.54 Å². The van der Waals surface area contributed by atoms with Crippen LogP contribution in [0.5, 0.6) is 0 Å². The Kier molecular flexibility index (Phi) is 2.83. The molecule has 1 N–H and O–H groups in total. The molecule has 2 aromatic rings. The average molecular weight is 293 g/mol. The molecule has 0 radical (unpaired) electrons. The molecule has 0 saturated heterocycles. The van der Waals surface area contributed by atoms with E-state index in [1.807, 2.05) is 26.8 Å². The maximum Gasteiger partial charge on any atom is 0.317 e. The first kappa shape index (κ1) is 13.4. The monoisotopic (exact) mass is 292 g/mol. The van der Waals surface area contributed by atoms with E-state index in [9.17, 15) is 9.59 Å². The van der Waals surface area contributed by atoms with Crippen LogP contribution in [0.15, 0.2) is 21.7 Å². The number of aromatic amines is 1. The Labute approximate surface area is 121 Å². The van der Waals surface area contributed by atoms with Crippen LogP contribution in [0, 0.1) is 0 Å². The molecule has 106 valence electrons. The molecular weight excluding hydrogens is 276 g/mol. The molecular formula is C15H17ClN2O2. The van der Waals surface area contributed by atoms with Gasteiger partial charge in [-0.15, -0.1) is 0 Å². The van der Waals surface area contributed by atoms with Gasteiger partial charge in [0, 0.05) is 10.6 Å². The average Bonchev–Trinajstić information content (AvgIpc) is 3.13. The molecule has 1 aromatic heterocycles. The van der Waals surface area contributed by atoms with Gasteiger partial charge in [0.25, 0.3) is 0 Å². The second kappa shape index (κ2) is 4.22. The van der Waals surface area contributed by atoms with Crippen LogP contribution in [0.1, 0.15) is 45.1 Å². The van der Waals surface area contributed by atoms with Crippen LogP contribution in [0.4, 0.5) is 0 Å². The molecule has 1 aliphatic rings. The summed E-state index contributed by atoms with van der Waals surface area (Å²) in [7, 11) is 0. The van der Waals surface area contributed by atoms with Crippen molar-refractivity contribution >= 4 is 22.6 Å². The van der Waals surface area contributed by atoms with Crippen LogP contribution in [0.25, 0.3) is 11.0 Å². The van der Waals surface area contributed by atoms with Gasteiger partial charge in [-0.1, -0.05) is 11.6 Å². The third-order valence-corrected chi connectivity index (χ3v) is 4.02. The normalized spacial score (nSPS) is 15.8. The molecule has 0 amide bonds. The first-order chi connectivity index (χ1) is 9.29. The largest absolute Gasteiger partial charge is 0.317 e. The van der Waals surface area contributed by atoms with Gasteiger partial charge in [-0.3, -0.25) is 14.2 Å². The van der Waals surface area contributed by atoms with Crippen molar-refractivity contribution in [1.82, 2.24) is 9.55 Å². The number of H-pyrrole nitrogens is 1. The van der Waals surface area contributed by atoms with Gasteiger partial charge < -0.3 is 4.98 Å². The molecule has 4 nitrogen and oxygen atoms in total. The van der Waals surface area contributed by atoms with E-state index in [0.29, 0.717) is 16.5 Å². The van der Waals surface area contributed by atoms with E-state index >= 15 is 0 Å². The fraction of sp³-hybridized carbons (Fsp3) is 0.467. The predicted octanol–water partition coefficient (Wildman–Crippen LogP) is 2.98. The van der Waals surface area contributed by atoms with Crippen LogP contribution in [0.3, 0.4) is 0 Å². The Hall–Kier alpha value is -1.55. The molecule has 20 heavy (non-hydrogen) atoms. The highest BCUT2D eigenvalue weighted by molar-refractivity contribution is 6.32. The molecule has 1 saturated carbocycles. The molecule has 0 unspecified atom stereocenters. The molecule has 0 spiro atoms. The summed E-state index contributed by atoms with van der Waals surface area (Å²) < 4.78 is 1.56. The van der Waals surface area contributed by atoms with Crippen molar-refractivity contribution in [2.24, 2.45) is 0 Å². The molecule has 1 fully saturated rings. The van der Waals surface area contributed by atoms with Crippen molar-refractivity contribution < 1.29 is 0 Å². The Morgan fingerprint density at radius 2 is 1.90 bits per heavy atom. The van der Waals surface area contributed by atoms with Crippen molar-refractivity contribution in [3.63, 3.8) is 0 Å². The maximum absolute atomic E-state index is 12.2. The molecule has 3 rings (SSSR count). The van der Waals surface area contributed by atoms with Crippen molar-refractivity contribution in [1.29, 1.82) is 0 Å². The Morgan fingerprint density at radius 1 is 1.25 bits per heavy atom. The summed E-state index contributed by atoms with van der Waals surface area (Å²) in [6, 6.07) is 3.71. The summed E-state index contributed by atoms with van der Waals surface area (Å²) in [5, 5.41) is 0.662. The van der Waals surface area contributed by atoms with Gasteiger partial charge in [-0.25, -0.2) is 0 Å². The number of benzene rings is 1. The highest BCUT2D eigenvalue weighted by atomic mass is 35.5. The van der Waals surface area contributed by atoms with Crippen molar-refractivity contribution in [2.75, 3.05) is 0 Å². The standard InChI is InChI=1S/C15H17ClN2O2/c1-15(2,3)18-12-6-9(8-4-5-8)10(16)7-11(12)17-13(19)14(18)20/h6-8H,4-5H2,1-3H3,(H,17,19). The van der Waals surface area contributed by atoms with Gasteiger partial charge in [0.2, 0.25) is 0 Å². The minimum atomic E-state index is -0.609. The highest BCUT2D eigenvalue weighted by Gasteiger charge is 2.28. The van der Waals surface area contributed by atoms with Gasteiger partial charge >= 0.3 is 11.1 Å². The summed E-state index contributed by atoms with van der Waals surface area (Å²) in [6.07, 6.45) is 2.27. The molecule has 1 heterocycles. The number of fused-ring (bicyclic) bond motifs is 1. The van der Waals surface area contributed by atoms with E-state index in [0.717, 1.165) is 23.9 Å². The lowest BCUT2D eigenvalue weighted by Gasteiger charge is -2.24. The number of hydrogen-bond acceptors (Lipinski definition) is 2. The quantitative estimate of drug-likeness (QED) is 0.822. The van der Waals surface area contributed by atoms with Crippen molar-refractivity contribution in [3.8, 4) is 0 Å². The fourth-order valence-corrected chi connectivity index (χ4v) is 2.94. The van der Waals surface area contributed by atoms with E-state index in [2.05, 4.69) is 4.98 Å². The second-order valence-corrected chi connectivity index (χ2v) is 6.84. The van der Waals surface area contributed by atoms with E-state index in [1.165, 1.54) is 0 Å². The summed E-state index contributed by atoms with van der Waals surface area (Å²) in [5.74, 6) is 0.488. The lowest BCUT2D eigenvalue weighted by Crippen LogP contribution is -2.43. The lowest BCUT2D eigenvalue weighted by atomic mass is 10.1. The molecule has 5 heteroatoms. The summed E-state index contributed by atoms with van der Waals surface area (Å²) in [4.78, 5) is 26.6. The number of nitrogens with one attached hydrogen (secondary N) is 1. The van der Waals surface area contributed by atoms with Gasteiger partial charge in [0.05, 0.1) is 11.0 Å². The smallest absolute Gasteiger partial charge is 0.316 e. The van der Waals surface area contributed by atoms with Gasteiger partial charge in [0.1, 0.15) is 0 Å². The van der Waals surface area contributed by atoms with Gasteiger partial charge in [0.15, 0.2) is 0 Å². The minimum Gasteiger partial charge on any atom is -0.316 e. The maximum atomic E-state index is 12.2. The molecule has 0 atom stereocenters. The zero-order valence-corrected chi connectivity index (χ0v) is 12.5. The zero-order valence-electron chi connectivity index (χ0n) is 11.8. The Morgan fingerprint density at radius 3 is 2.45 bits per heavy atom. The highest BCUT2D eigenvalue weighted by Crippen LogP contribution is 2.44. The van der Waals surface area contributed by atoms with Crippen LogP contribution < -0.4 is 11.1 Å². The molecule has 1 aliphatic carbocycles. The molecule has 0 bridgehead atoms. The van der Waals surface area contributed by atoms with Crippen LogP contribution in [-0.4, -0.2) is 9.55 Å². The minimum absolute atomic E-state index is 0.460. The topological polar surface area (TPSA) is 54.9 Å². The summed E-state index contributed by atoms with van der Waals surface area (Å²) in [5.41, 5.74) is 0.839. The second-order valence-electron chi connectivity index (χ2n) is 6.43. The van der Waals surface area contributed by atoms with E-state index in [1.54, 1.807) is 10.6 Å². The lowest BCUT2D eigenvalue weighted by molar-refractivity contribution is 0.395. The number of halogens is 1. The van der Waals surface area contributed by atoms with Crippen LogP contribution >= 0.6 is 11.6 Å². The SMILES string of the molecule is CC(C)(C)n1c(=O)c(=O)[nH]c2cc(Cl)c(C3CC3)cc21. The van der Waals surface area contributed by atoms with Crippen molar-refractivity contribution in [3.05, 3.63) is 43.4 Å². The van der Waals surface area contributed by atoms with E-state index in [-0.39, 0.29) is 0 Å². The van der Waals surface area contributed by atoms with Gasteiger partial charge in [-0.05, 0) is 57.2 Å². The Balaban J connectivity index is 2.45. The van der Waals surface area contributed by atoms with Crippen LogP contribution in [0.2, 0.25) is 5.02 Å². The third-order valence-electron chi connectivity index (χ3n) is 3.69. The van der Waals surface area contributed by atoms with Crippen molar-refractivity contribution in [2.45, 2.75) is 45.1 Å².